The van der Waals surface area contributed by atoms with Gasteiger partial charge in [-0.05, 0) is 6.92 Å². The zero-order valence-corrected chi connectivity index (χ0v) is 6.12. The van der Waals surface area contributed by atoms with Crippen LogP contribution >= 0.6 is 0 Å². The second-order valence-corrected chi connectivity index (χ2v) is 1.70. The molecule has 0 unspecified atom stereocenters. The van der Waals surface area contributed by atoms with Gasteiger partial charge in [0.25, 0.3) is 0 Å². The standard InChI is InChI=1S/C7H10B2O/c1-3-5-6-7(4-2)8-9-10/h3-6,10H,1H2,2H3/b6-5-,7-4+. The molecular formula is C7H10B2O. The quantitative estimate of drug-likeness (QED) is 0.444. The van der Waals surface area contributed by atoms with E-state index in [-0.39, 0.29) is 0 Å². The van der Waals surface area contributed by atoms with Gasteiger partial charge in [-0.25, -0.2) is 0 Å². The molecule has 0 rings (SSSR count). The van der Waals surface area contributed by atoms with E-state index >= 15 is 0 Å². The highest BCUT2D eigenvalue weighted by Crippen LogP contribution is 1.92. The Morgan fingerprint density at radius 2 is 2.30 bits per heavy atom. The van der Waals surface area contributed by atoms with Crippen LogP contribution in [0.3, 0.4) is 0 Å². The molecule has 0 bridgehead atoms. The van der Waals surface area contributed by atoms with Crippen molar-refractivity contribution < 1.29 is 5.02 Å². The van der Waals surface area contributed by atoms with Gasteiger partial charge in [0.1, 0.15) is 7.17 Å². The number of rotatable bonds is 4. The highest BCUT2D eigenvalue weighted by Gasteiger charge is 1.91. The molecule has 0 aliphatic rings. The summed E-state index contributed by atoms with van der Waals surface area (Å²) in [5, 5.41) is 8.39. The highest BCUT2D eigenvalue weighted by molar-refractivity contribution is 7.00. The fraction of sp³-hybridized carbons (Fsp3) is 0.143. The first kappa shape index (κ1) is 9.31. The van der Waals surface area contributed by atoms with Crippen molar-refractivity contribution in [3.63, 3.8) is 0 Å². The maximum Gasteiger partial charge on any atom is 0.242 e. The lowest BCUT2D eigenvalue weighted by molar-refractivity contribution is 0.621. The van der Waals surface area contributed by atoms with E-state index in [0.29, 0.717) is 0 Å². The maximum atomic E-state index is 8.39. The Morgan fingerprint density at radius 3 is 2.70 bits per heavy atom. The molecule has 0 aromatic rings. The molecule has 0 atom stereocenters. The predicted octanol–water partition coefficient (Wildman–Crippen LogP) is 0.863. The highest BCUT2D eigenvalue weighted by atomic mass is 16.2. The second kappa shape index (κ2) is 6.43. The SMILES string of the molecule is C=C/C=C\C([B][B]O)=C/C. The van der Waals surface area contributed by atoms with Crippen molar-refractivity contribution in [2.75, 3.05) is 0 Å². The van der Waals surface area contributed by atoms with Crippen LogP contribution in [-0.4, -0.2) is 19.6 Å². The van der Waals surface area contributed by atoms with Crippen molar-refractivity contribution in [2.45, 2.75) is 6.92 Å². The fourth-order valence-corrected chi connectivity index (χ4v) is 0.513. The minimum atomic E-state index is 0.961. The summed E-state index contributed by atoms with van der Waals surface area (Å²) in [6.07, 6.45) is 7.26. The molecule has 0 aliphatic heterocycles. The number of hydrogen-bond acceptors (Lipinski definition) is 1. The van der Waals surface area contributed by atoms with E-state index in [1.807, 2.05) is 25.2 Å². The summed E-state index contributed by atoms with van der Waals surface area (Å²) in [7, 11) is 2.63. The first-order chi connectivity index (χ1) is 4.85. The predicted molar refractivity (Wildman–Crippen MR) is 46.8 cm³/mol. The molecule has 0 amide bonds. The summed E-state index contributed by atoms with van der Waals surface area (Å²) in [6, 6.07) is 0. The zero-order valence-electron chi connectivity index (χ0n) is 6.12. The maximum absolute atomic E-state index is 8.39. The van der Waals surface area contributed by atoms with Gasteiger partial charge in [-0.1, -0.05) is 36.4 Å². The lowest BCUT2D eigenvalue weighted by Crippen LogP contribution is -2.03. The van der Waals surface area contributed by atoms with Gasteiger partial charge >= 0.3 is 0 Å². The first-order valence-electron chi connectivity index (χ1n) is 3.11. The lowest BCUT2D eigenvalue weighted by Gasteiger charge is -1.91. The van der Waals surface area contributed by atoms with Crippen LogP contribution in [0.4, 0.5) is 0 Å². The van der Waals surface area contributed by atoms with Gasteiger partial charge in [0.15, 0.2) is 0 Å². The molecule has 2 radical (unpaired) electrons. The topological polar surface area (TPSA) is 20.2 Å². The van der Waals surface area contributed by atoms with Crippen LogP contribution in [0.15, 0.2) is 36.4 Å². The molecule has 0 saturated heterocycles. The normalized spacial score (nSPS) is 11.6. The third-order valence-electron chi connectivity index (χ3n) is 1.03. The van der Waals surface area contributed by atoms with E-state index in [0.717, 1.165) is 12.8 Å². The van der Waals surface area contributed by atoms with Crippen molar-refractivity contribution in [3.05, 3.63) is 36.4 Å². The largest absolute Gasteiger partial charge is 0.465 e. The minimum absolute atomic E-state index is 0.961. The van der Waals surface area contributed by atoms with Gasteiger partial charge in [-0.2, -0.15) is 0 Å². The van der Waals surface area contributed by atoms with Crippen LogP contribution in [0.5, 0.6) is 0 Å². The summed E-state index contributed by atoms with van der Waals surface area (Å²) >= 11 is 0. The molecule has 1 nitrogen and oxygen atoms in total. The van der Waals surface area contributed by atoms with Crippen LogP contribution in [0.2, 0.25) is 0 Å². The van der Waals surface area contributed by atoms with Crippen molar-refractivity contribution in [2.24, 2.45) is 0 Å². The third kappa shape index (κ3) is 4.21. The van der Waals surface area contributed by atoms with Crippen LogP contribution in [0.1, 0.15) is 6.92 Å². The molecule has 0 saturated carbocycles. The molecule has 0 aromatic heterocycles. The average molecular weight is 132 g/mol. The van der Waals surface area contributed by atoms with E-state index < -0.39 is 0 Å². The van der Waals surface area contributed by atoms with Crippen LogP contribution in [0.25, 0.3) is 0 Å². The van der Waals surface area contributed by atoms with Crippen LogP contribution in [0, 0.1) is 0 Å². The Bertz CT molecular complexity index is 150. The van der Waals surface area contributed by atoms with E-state index in [9.17, 15) is 0 Å². The monoisotopic (exact) mass is 132 g/mol. The van der Waals surface area contributed by atoms with E-state index in [1.54, 1.807) is 13.2 Å². The van der Waals surface area contributed by atoms with Crippen molar-refractivity contribution in [1.82, 2.24) is 0 Å². The Kier molecular flexibility index (Phi) is 5.99. The van der Waals surface area contributed by atoms with Gasteiger partial charge < -0.3 is 5.02 Å². The number of hydrogen-bond donors (Lipinski definition) is 1. The van der Waals surface area contributed by atoms with Gasteiger partial charge in [0.05, 0.1) is 0 Å². The van der Waals surface area contributed by atoms with E-state index in [1.165, 1.54) is 0 Å². The second-order valence-electron chi connectivity index (χ2n) is 1.70. The molecule has 0 spiro atoms. The Labute approximate surface area is 63.6 Å². The Morgan fingerprint density at radius 1 is 1.60 bits per heavy atom. The summed E-state index contributed by atoms with van der Waals surface area (Å²) in [6.45, 7) is 5.43. The summed E-state index contributed by atoms with van der Waals surface area (Å²) in [4.78, 5) is 0. The van der Waals surface area contributed by atoms with Gasteiger partial charge in [-0.15, -0.1) is 0 Å². The van der Waals surface area contributed by atoms with Crippen molar-refractivity contribution in [3.8, 4) is 0 Å². The third-order valence-corrected chi connectivity index (χ3v) is 1.03. The van der Waals surface area contributed by atoms with Gasteiger partial charge in [0, 0.05) is 0 Å². The van der Waals surface area contributed by atoms with E-state index in [4.69, 9.17) is 5.02 Å². The summed E-state index contributed by atoms with van der Waals surface area (Å²) in [5.74, 6) is 0. The smallest absolute Gasteiger partial charge is 0.242 e. The fourth-order valence-electron chi connectivity index (χ4n) is 0.513. The lowest BCUT2D eigenvalue weighted by atomic mass is 9.45. The van der Waals surface area contributed by atoms with Gasteiger partial charge in [0.2, 0.25) is 7.37 Å². The Hall–Kier alpha value is -0.690. The van der Waals surface area contributed by atoms with E-state index in [2.05, 4.69) is 6.58 Å². The molecule has 0 fully saturated rings. The molecule has 50 valence electrons. The average Bonchev–Trinajstić information content (AvgIpc) is 1.98. The Balaban J connectivity index is 3.84. The molecular weight excluding hydrogens is 122 g/mol. The number of allylic oxidation sites excluding steroid dienone is 5. The summed E-state index contributed by atoms with van der Waals surface area (Å²) < 4.78 is 0. The minimum Gasteiger partial charge on any atom is -0.465 e. The molecule has 3 heteroatoms. The molecule has 1 N–H and O–H groups in total. The van der Waals surface area contributed by atoms with Crippen molar-refractivity contribution in [1.29, 1.82) is 0 Å². The van der Waals surface area contributed by atoms with Crippen LogP contribution < -0.4 is 0 Å². The van der Waals surface area contributed by atoms with Gasteiger partial charge in [-0.3, -0.25) is 0 Å². The zero-order chi connectivity index (χ0) is 7.82. The summed E-state index contributed by atoms with van der Waals surface area (Å²) in [5.41, 5.74) is 0.961. The first-order valence-corrected chi connectivity index (χ1v) is 3.11. The molecule has 10 heavy (non-hydrogen) atoms. The molecule has 0 aliphatic carbocycles. The van der Waals surface area contributed by atoms with Crippen molar-refractivity contribution >= 4 is 14.5 Å². The molecule has 0 aromatic carbocycles. The van der Waals surface area contributed by atoms with Crippen LogP contribution in [-0.2, 0) is 0 Å². The molecule has 0 heterocycles.